The quantitative estimate of drug-likeness (QED) is 0.547. The maximum atomic E-state index is 11.7. The Morgan fingerprint density at radius 2 is 1.89 bits per heavy atom. The smallest absolute Gasteiger partial charge is 0.258 e. The van der Waals surface area contributed by atoms with Gasteiger partial charge in [0.2, 0.25) is 5.95 Å². The van der Waals surface area contributed by atoms with Crippen molar-refractivity contribution in [3.05, 3.63) is 35.2 Å². The molecule has 4 heterocycles. The molecule has 0 unspecified atom stereocenters. The van der Waals surface area contributed by atoms with Gasteiger partial charge >= 0.3 is 0 Å². The van der Waals surface area contributed by atoms with Crippen LogP contribution in [-0.4, -0.2) is 42.2 Å². The molecule has 1 amide bonds. The zero-order chi connectivity index (χ0) is 19.3. The third-order valence-electron chi connectivity index (χ3n) is 4.76. The van der Waals surface area contributed by atoms with Crippen LogP contribution < -0.4 is 16.4 Å². The standard InChI is InChI=1S/C19H17N5O3S/c20-12-2-4-13-10(12)1-3-14(27-13)16-11-9-15(17(21)25)28-18(11)23-19(22-16)24-5-7-26-8-6-24/h1-4,9H,5-8,20H2,(H2,21,25). The number of nitrogen functional groups attached to an aromatic ring is 1. The van der Waals surface area contributed by atoms with Gasteiger partial charge in [0.1, 0.15) is 16.3 Å². The number of fused-ring (bicyclic) bond motifs is 2. The second kappa shape index (κ2) is 6.47. The van der Waals surface area contributed by atoms with E-state index in [2.05, 4.69) is 9.88 Å². The molecule has 1 saturated heterocycles. The molecule has 28 heavy (non-hydrogen) atoms. The number of hydrogen-bond donors (Lipinski definition) is 2. The summed E-state index contributed by atoms with van der Waals surface area (Å²) in [5, 5.41) is 0.735. The zero-order valence-corrected chi connectivity index (χ0v) is 15.7. The van der Waals surface area contributed by atoms with E-state index in [1.165, 1.54) is 11.3 Å². The van der Waals surface area contributed by atoms with Crippen molar-refractivity contribution in [2.75, 3.05) is 36.9 Å². The normalized spacial score (nSPS) is 14.8. The summed E-state index contributed by atoms with van der Waals surface area (Å²) in [6.07, 6.45) is 0. The Labute approximate surface area is 164 Å². The van der Waals surface area contributed by atoms with Crippen LogP contribution in [0.4, 0.5) is 11.6 Å². The molecule has 1 fully saturated rings. The van der Waals surface area contributed by atoms with Gasteiger partial charge in [-0.2, -0.15) is 0 Å². The van der Waals surface area contributed by atoms with Crippen LogP contribution in [0.25, 0.3) is 33.0 Å². The largest absolute Gasteiger partial charge is 0.454 e. The molecule has 5 rings (SSSR count). The molecule has 1 aliphatic carbocycles. The molecule has 0 bridgehead atoms. The number of carbonyl (C=O) groups is 1. The number of amides is 1. The van der Waals surface area contributed by atoms with E-state index in [1.54, 1.807) is 6.07 Å². The summed E-state index contributed by atoms with van der Waals surface area (Å²) >= 11 is 1.25. The average Bonchev–Trinajstić information content (AvgIpc) is 3.31. The Kier molecular flexibility index (Phi) is 3.92. The van der Waals surface area contributed by atoms with Gasteiger partial charge in [-0.1, -0.05) is 0 Å². The van der Waals surface area contributed by atoms with Crippen LogP contribution >= 0.6 is 11.3 Å². The molecule has 142 valence electrons. The highest BCUT2D eigenvalue weighted by Gasteiger charge is 2.22. The Hall–Kier alpha value is -3.17. The molecular weight excluding hydrogens is 378 g/mol. The van der Waals surface area contributed by atoms with Gasteiger partial charge in [0.25, 0.3) is 5.91 Å². The van der Waals surface area contributed by atoms with Gasteiger partial charge in [-0.25, -0.2) is 9.97 Å². The van der Waals surface area contributed by atoms with Gasteiger partial charge < -0.3 is 25.5 Å². The lowest BCUT2D eigenvalue weighted by atomic mass is 10.1. The van der Waals surface area contributed by atoms with E-state index in [4.69, 9.17) is 25.6 Å². The minimum atomic E-state index is -0.488. The molecule has 3 aliphatic rings. The van der Waals surface area contributed by atoms with Crippen molar-refractivity contribution in [2.45, 2.75) is 0 Å². The summed E-state index contributed by atoms with van der Waals surface area (Å²) in [7, 11) is 0. The van der Waals surface area contributed by atoms with Crippen LogP contribution in [0.5, 0.6) is 0 Å². The van der Waals surface area contributed by atoms with E-state index in [1.807, 2.05) is 24.3 Å². The lowest BCUT2D eigenvalue weighted by molar-refractivity contribution is 0.100. The number of primary amides is 1. The second-order valence-electron chi connectivity index (χ2n) is 6.53. The van der Waals surface area contributed by atoms with Crippen LogP contribution in [0.3, 0.4) is 0 Å². The predicted octanol–water partition coefficient (Wildman–Crippen LogP) is 2.57. The van der Waals surface area contributed by atoms with Gasteiger partial charge in [-0.15, -0.1) is 11.3 Å². The van der Waals surface area contributed by atoms with E-state index < -0.39 is 5.91 Å². The Morgan fingerprint density at radius 3 is 2.68 bits per heavy atom. The van der Waals surface area contributed by atoms with Crippen molar-refractivity contribution >= 4 is 39.1 Å². The van der Waals surface area contributed by atoms with Gasteiger partial charge in [0.05, 0.1) is 18.1 Å². The summed E-state index contributed by atoms with van der Waals surface area (Å²) in [6, 6.07) is 9.11. The summed E-state index contributed by atoms with van der Waals surface area (Å²) in [5.41, 5.74) is 13.6. The van der Waals surface area contributed by atoms with Crippen LogP contribution in [0.2, 0.25) is 0 Å². The Bertz CT molecular complexity index is 1160. The lowest BCUT2D eigenvalue weighted by Crippen LogP contribution is -2.37. The number of ether oxygens (including phenoxy) is 1. The fraction of sp³-hybridized carbons (Fsp3) is 0.211. The van der Waals surface area contributed by atoms with E-state index in [9.17, 15) is 4.79 Å². The molecule has 9 heteroatoms. The van der Waals surface area contributed by atoms with Crippen LogP contribution in [0.15, 0.2) is 34.7 Å². The van der Waals surface area contributed by atoms with Crippen molar-refractivity contribution < 1.29 is 13.9 Å². The zero-order valence-electron chi connectivity index (χ0n) is 14.8. The van der Waals surface area contributed by atoms with E-state index in [-0.39, 0.29) is 0 Å². The summed E-state index contributed by atoms with van der Waals surface area (Å²) in [4.78, 5) is 24.3. The van der Waals surface area contributed by atoms with Crippen molar-refractivity contribution in [3.63, 3.8) is 0 Å². The fourth-order valence-corrected chi connectivity index (χ4v) is 4.20. The van der Waals surface area contributed by atoms with Gasteiger partial charge in [0.15, 0.2) is 5.76 Å². The first-order valence-corrected chi connectivity index (χ1v) is 9.64. The minimum absolute atomic E-state index is 0.434. The molecule has 0 atom stereocenters. The first-order valence-electron chi connectivity index (χ1n) is 8.82. The number of aromatic nitrogens is 2. The predicted molar refractivity (Wildman–Crippen MR) is 108 cm³/mol. The van der Waals surface area contributed by atoms with Crippen LogP contribution in [0.1, 0.15) is 9.67 Å². The lowest BCUT2D eigenvalue weighted by Gasteiger charge is -2.27. The number of rotatable bonds is 3. The summed E-state index contributed by atoms with van der Waals surface area (Å²) in [6.45, 7) is 2.65. The monoisotopic (exact) mass is 395 g/mol. The molecule has 0 saturated carbocycles. The third-order valence-corrected chi connectivity index (χ3v) is 5.81. The van der Waals surface area contributed by atoms with Crippen LogP contribution in [-0.2, 0) is 4.74 Å². The number of morpholine rings is 1. The molecule has 2 aromatic rings. The summed E-state index contributed by atoms with van der Waals surface area (Å²) in [5.74, 6) is 1.35. The van der Waals surface area contributed by atoms with Crippen molar-refractivity contribution in [2.24, 2.45) is 5.73 Å². The molecule has 8 nitrogen and oxygen atoms in total. The number of carbonyl (C=O) groups excluding carboxylic acids is 1. The number of nitrogens with two attached hydrogens (primary N) is 2. The molecule has 0 aromatic carbocycles. The number of anilines is 2. The first-order chi connectivity index (χ1) is 13.6. The van der Waals surface area contributed by atoms with Gasteiger partial charge in [-0.3, -0.25) is 4.79 Å². The SMILES string of the molecule is NC(=O)c1cc2c(-c3ccc4c(N)ccc-4o3)nc(N3CCOCC3)nc2s1. The summed E-state index contributed by atoms with van der Waals surface area (Å²) < 4.78 is 11.5. The molecular formula is C19H17N5O3S. The van der Waals surface area contributed by atoms with Crippen LogP contribution in [0, 0.1) is 0 Å². The maximum Gasteiger partial charge on any atom is 0.258 e. The number of hydrogen-bond acceptors (Lipinski definition) is 8. The van der Waals surface area contributed by atoms with E-state index >= 15 is 0 Å². The van der Waals surface area contributed by atoms with Crippen molar-refractivity contribution in [3.8, 4) is 22.8 Å². The van der Waals surface area contributed by atoms with Gasteiger partial charge in [-0.05, 0) is 30.3 Å². The van der Waals surface area contributed by atoms with E-state index in [0.29, 0.717) is 64.9 Å². The number of thiophene rings is 1. The Morgan fingerprint density at radius 1 is 1.11 bits per heavy atom. The molecule has 2 aliphatic heterocycles. The Balaban J connectivity index is 1.72. The topological polar surface area (TPSA) is 120 Å². The van der Waals surface area contributed by atoms with E-state index in [0.717, 1.165) is 10.9 Å². The highest BCUT2D eigenvalue weighted by atomic mass is 32.1. The second-order valence-corrected chi connectivity index (χ2v) is 7.56. The number of nitrogens with zero attached hydrogens (tertiary/aromatic N) is 3. The molecule has 4 N–H and O–H groups in total. The van der Waals surface area contributed by atoms with Crippen molar-refractivity contribution in [1.29, 1.82) is 0 Å². The minimum Gasteiger partial charge on any atom is -0.454 e. The fourth-order valence-electron chi connectivity index (χ4n) is 3.32. The molecule has 2 aromatic heterocycles. The molecule has 0 spiro atoms. The maximum absolute atomic E-state index is 11.7. The first kappa shape index (κ1) is 17.0. The van der Waals surface area contributed by atoms with Gasteiger partial charge in [0, 0.05) is 29.7 Å². The highest BCUT2D eigenvalue weighted by Crippen LogP contribution is 2.38. The molecule has 0 radical (unpaired) electrons. The van der Waals surface area contributed by atoms with Crippen molar-refractivity contribution in [1.82, 2.24) is 9.97 Å². The third kappa shape index (κ3) is 2.76. The highest BCUT2D eigenvalue weighted by molar-refractivity contribution is 7.20. The average molecular weight is 395 g/mol.